The fraction of sp³-hybridized carbons (Fsp3) is 0.120. The Morgan fingerprint density at radius 2 is 1.74 bits per heavy atom. The van der Waals surface area contributed by atoms with Gasteiger partial charge in [0.2, 0.25) is 0 Å². The fourth-order valence-corrected chi connectivity index (χ4v) is 4.25. The molecule has 0 unspecified atom stereocenters. The summed E-state index contributed by atoms with van der Waals surface area (Å²) in [5.74, 6) is 0.392. The first-order chi connectivity index (χ1) is 14.9. The fourth-order valence-electron chi connectivity index (χ4n) is 3.22. The molecule has 1 heterocycles. The molecule has 1 aliphatic heterocycles. The van der Waals surface area contributed by atoms with Crippen LogP contribution in [0.4, 0.5) is 10.5 Å². The average molecular weight is 450 g/mol. The number of thioether (sulfide) groups is 1. The number of carbonyl (C=O) groups excluding carboxylic acids is 2. The van der Waals surface area contributed by atoms with Gasteiger partial charge < -0.3 is 4.74 Å². The first-order valence-corrected chi connectivity index (χ1v) is 10.9. The van der Waals surface area contributed by atoms with E-state index in [1.54, 1.807) is 6.08 Å². The molecule has 6 heteroatoms. The molecule has 4 rings (SSSR count). The van der Waals surface area contributed by atoms with Crippen molar-refractivity contribution in [1.82, 2.24) is 0 Å². The third kappa shape index (κ3) is 4.68. The molecule has 3 aromatic rings. The summed E-state index contributed by atoms with van der Waals surface area (Å²) in [6.45, 7) is 4.20. The average Bonchev–Trinajstić information content (AvgIpc) is 3.03. The van der Waals surface area contributed by atoms with Crippen molar-refractivity contribution in [2.45, 2.75) is 20.5 Å². The normalized spacial score (nSPS) is 15.1. The quantitative estimate of drug-likeness (QED) is 0.403. The van der Waals surface area contributed by atoms with Crippen molar-refractivity contribution >= 4 is 46.3 Å². The Kier molecular flexibility index (Phi) is 6.16. The summed E-state index contributed by atoms with van der Waals surface area (Å²) in [6, 6.07) is 20.7. The zero-order chi connectivity index (χ0) is 22.0. The predicted octanol–water partition coefficient (Wildman–Crippen LogP) is 6.78. The highest BCUT2D eigenvalue weighted by Crippen LogP contribution is 2.37. The number of hydrogen-bond donors (Lipinski definition) is 0. The summed E-state index contributed by atoms with van der Waals surface area (Å²) in [6.07, 6.45) is 1.73. The maximum absolute atomic E-state index is 12.9. The van der Waals surface area contributed by atoms with Gasteiger partial charge in [0.1, 0.15) is 12.4 Å². The number of carbonyl (C=O) groups is 2. The highest BCUT2D eigenvalue weighted by Gasteiger charge is 2.37. The van der Waals surface area contributed by atoms with E-state index in [2.05, 4.69) is 0 Å². The van der Waals surface area contributed by atoms with Gasteiger partial charge in [-0.05, 0) is 72.6 Å². The first-order valence-electron chi connectivity index (χ1n) is 9.74. The van der Waals surface area contributed by atoms with Crippen molar-refractivity contribution in [1.29, 1.82) is 0 Å². The lowest BCUT2D eigenvalue weighted by molar-refractivity contribution is -0.113. The molecule has 156 valence electrons. The van der Waals surface area contributed by atoms with Gasteiger partial charge in [0.25, 0.3) is 11.1 Å². The van der Waals surface area contributed by atoms with Crippen molar-refractivity contribution in [3.63, 3.8) is 0 Å². The third-order valence-corrected chi connectivity index (χ3v) is 6.17. The van der Waals surface area contributed by atoms with Gasteiger partial charge in [-0.2, -0.15) is 0 Å². The van der Waals surface area contributed by atoms with Crippen LogP contribution in [0.5, 0.6) is 5.75 Å². The highest BCUT2D eigenvalue weighted by atomic mass is 35.5. The number of amides is 2. The van der Waals surface area contributed by atoms with E-state index in [9.17, 15) is 9.59 Å². The maximum atomic E-state index is 12.9. The van der Waals surface area contributed by atoms with Crippen LogP contribution in [0.25, 0.3) is 6.08 Å². The largest absolute Gasteiger partial charge is 0.489 e. The smallest absolute Gasteiger partial charge is 0.298 e. The zero-order valence-electron chi connectivity index (χ0n) is 17.1. The lowest BCUT2D eigenvalue weighted by Gasteiger charge is -2.16. The minimum Gasteiger partial charge on any atom is -0.489 e. The summed E-state index contributed by atoms with van der Waals surface area (Å²) >= 11 is 7.11. The molecule has 1 saturated heterocycles. The standard InChI is InChI=1S/C25H20ClNO3S/c1-16-7-8-17(2)22(13-16)27-24(28)23(31-25(27)29)14-18-9-11-20(12-10-18)30-15-19-5-3-4-6-21(19)26/h3-14H,15H2,1-2H3/b23-14-. The Morgan fingerprint density at radius 1 is 1.00 bits per heavy atom. The molecule has 0 atom stereocenters. The molecule has 0 bridgehead atoms. The van der Waals surface area contributed by atoms with Crippen LogP contribution in [-0.2, 0) is 11.4 Å². The van der Waals surface area contributed by atoms with Crippen LogP contribution in [0.1, 0.15) is 22.3 Å². The van der Waals surface area contributed by atoms with Gasteiger partial charge in [0, 0.05) is 10.6 Å². The second kappa shape index (κ2) is 9.00. The number of rotatable bonds is 5. The number of aryl methyl sites for hydroxylation is 2. The van der Waals surface area contributed by atoms with Gasteiger partial charge in [-0.25, -0.2) is 4.90 Å². The van der Waals surface area contributed by atoms with Gasteiger partial charge in [0.15, 0.2) is 0 Å². The van der Waals surface area contributed by atoms with E-state index in [4.69, 9.17) is 16.3 Å². The van der Waals surface area contributed by atoms with Crippen LogP contribution in [0.15, 0.2) is 71.6 Å². The van der Waals surface area contributed by atoms with Gasteiger partial charge >= 0.3 is 0 Å². The van der Waals surface area contributed by atoms with E-state index in [-0.39, 0.29) is 11.1 Å². The number of anilines is 1. The van der Waals surface area contributed by atoms with Crippen molar-refractivity contribution < 1.29 is 14.3 Å². The van der Waals surface area contributed by atoms with Crippen LogP contribution >= 0.6 is 23.4 Å². The third-order valence-electron chi connectivity index (χ3n) is 4.93. The van der Waals surface area contributed by atoms with Crippen molar-refractivity contribution in [3.8, 4) is 5.75 Å². The summed E-state index contributed by atoms with van der Waals surface area (Å²) in [4.78, 5) is 27.1. The molecule has 0 radical (unpaired) electrons. The van der Waals surface area contributed by atoms with E-state index < -0.39 is 0 Å². The molecule has 0 N–H and O–H groups in total. The number of halogens is 1. The van der Waals surface area contributed by atoms with Crippen molar-refractivity contribution in [3.05, 3.63) is 98.9 Å². The summed E-state index contributed by atoms with van der Waals surface area (Å²) in [5.41, 5.74) is 4.24. The number of benzene rings is 3. The molecular weight excluding hydrogens is 430 g/mol. The molecule has 1 aliphatic rings. The number of hydrogen-bond acceptors (Lipinski definition) is 4. The van der Waals surface area contributed by atoms with Crippen LogP contribution in [0.3, 0.4) is 0 Å². The Hall–Kier alpha value is -3.02. The summed E-state index contributed by atoms with van der Waals surface area (Å²) < 4.78 is 5.80. The topological polar surface area (TPSA) is 46.6 Å². The second-order valence-corrected chi connectivity index (χ2v) is 8.66. The van der Waals surface area contributed by atoms with Crippen molar-refractivity contribution in [2.24, 2.45) is 0 Å². The summed E-state index contributed by atoms with van der Waals surface area (Å²) in [5, 5.41) is 0.378. The van der Waals surface area contributed by atoms with E-state index in [0.717, 1.165) is 34.0 Å². The van der Waals surface area contributed by atoms with Gasteiger partial charge in [0.05, 0.1) is 10.6 Å². The molecule has 31 heavy (non-hydrogen) atoms. The maximum Gasteiger partial charge on any atom is 0.298 e. The van der Waals surface area contributed by atoms with E-state index >= 15 is 0 Å². The number of nitrogens with zero attached hydrogens (tertiary/aromatic N) is 1. The van der Waals surface area contributed by atoms with Gasteiger partial charge in [-0.15, -0.1) is 0 Å². The SMILES string of the molecule is Cc1ccc(C)c(N2C(=O)S/C(=C\c3ccc(OCc4ccccc4Cl)cc3)C2=O)c1. The molecule has 0 aromatic heterocycles. The molecule has 2 amide bonds. The van der Waals surface area contributed by atoms with Crippen molar-refractivity contribution in [2.75, 3.05) is 4.90 Å². The number of ether oxygens (including phenoxy) is 1. The Balaban J connectivity index is 1.48. The lowest BCUT2D eigenvalue weighted by atomic mass is 10.1. The predicted molar refractivity (Wildman–Crippen MR) is 127 cm³/mol. The Bertz CT molecular complexity index is 1190. The molecule has 3 aromatic carbocycles. The van der Waals surface area contributed by atoms with Gasteiger partial charge in [-0.1, -0.05) is 54.1 Å². The van der Waals surface area contributed by atoms with E-state index in [1.807, 2.05) is 80.6 Å². The monoisotopic (exact) mass is 449 g/mol. The molecule has 0 spiro atoms. The summed E-state index contributed by atoms with van der Waals surface area (Å²) in [7, 11) is 0. The van der Waals surface area contributed by atoms with E-state index in [1.165, 1.54) is 4.90 Å². The van der Waals surface area contributed by atoms with E-state index in [0.29, 0.717) is 28.0 Å². The zero-order valence-corrected chi connectivity index (χ0v) is 18.7. The number of imide groups is 1. The van der Waals surface area contributed by atoms with Crippen LogP contribution in [0.2, 0.25) is 5.02 Å². The molecule has 0 saturated carbocycles. The molecule has 0 aliphatic carbocycles. The minimum absolute atomic E-state index is 0.287. The van der Waals surface area contributed by atoms with Gasteiger partial charge in [-0.3, -0.25) is 9.59 Å². The molecule has 4 nitrogen and oxygen atoms in total. The Morgan fingerprint density at radius 3 is 2.48 bits per heavy atom. The molecular formula is C25H20ClNO3S. The molecule has 1 fully saturated rings. The van der Waals surface area contributed by atoms with Crippen LogP contribution < -0.4 is 9.64 Å². The Labute approximate surface area is 190 Å². The van der Waals surface area contributed by atoms with Crippen LogP contribution in [-0.4, -0.2) is 11.1 Å². The second-order valence-electron chi connectivity index (χ2n) is 7.26. The minimum atomic E-state index is -0.303. The first kappa shape index (κ1) is 21.2. The highest BCUT2D eigenvalue weighted by molar-refractivity contribution is 8.19. The van der Waals surface area contributed by atoms with Crippen LogP contribution in [0, 0.1) is 13.8 Å². The lowest BCUT2D eigenvalue weighted by Crippen LogP contribution is -2.28.